The van der Waals surface area contributed by atoms with E-state index in [1.165, 1.54) is 5.56 Å². The molecule has 0 heterocycles. The summed E-state index contributed by atoms with van der Waals surface area (Å²) in [6.45, 7) is 2.16. The van der Waals surface area contributed by atoms with Gasteiger partial charge in [-0.2, -0.15) is 0 Å². The summed E-state index contributed by atoms with van der Waals surface area (Å²) in [5, 5.41) is 0. The first kappa shape index (κ1) is 9.99. The molecule has 0 fully saturated rings. The maximum absolute atomic E-state index is 11.1. The van der Waals surface area contributed by atoms with Crippen molar-refractivity contribution >= 4 is 19.7 Å². The van der Waals surface area contributed by atoms with Gasteiger partial charge < -0.3 is 0 Å². The van der Waals surface area contributed by atoms with Crippen molar-refractivity contribution in [3.8, 4) is 0 Å². The third kappa shape index (κ3) is 1.79. The largest absolute Gasteiger partial charge is 0.261 e. The monoisotopic (exact) mass is 230 g/mol. The van der Waals surface area contributed by atoms with E-state index in [-0.39, 0.29) is 4.90 Å². The lowest BCUT2D eigenvalue weighted by molar-refractivity contribution is 0.609. The van der Waals surface area contributed by atoms with E-state index in [1.54, 1.807) is 12.1 Å². The molecular weight excluding hydrogens is 220 g/mol. The van der Waals surface area contributed by atoms with Crippen LogP contribution < -0.4 is 0 Å². The minimum absolute atomic E-state index is 0.215. The van der Waals surface area contributed by atoms with Gasteiger partial charge in [0.05, 0.1) is 4.90 Å². The van der Waals surface area contributed by atoms with Crippen molar-refractivity contribution in [2.75, 3.05) is 0 Å². The van der Waals surface area contributed by atoms with Gasteiger partial charge in [0, 0.05) is 10.7 Å². The molecule has 1 aromatic carbocycles. The molecule has 0 N–H and O–H groups in total. The van der Waals surface area contributed by atoms with E-state index in [1.807, 2.05) is 6.07 Å². The van der Waals surface area contributed by atoms with E-state index >= 15 is 0 Å². The Labute approximate surface area is 88.3 Å². The predicted molar refractivity (Wildman–Crippen MR) is 56.1 cm³/mol. The van der Waals surface area contributed by atoms with Crippen LogP contribution in [-0.4, -0.2) is 8.42 Å². The van der Waals surface area contributed by atoms with Gasteiger partial charge in [-0.05, 0) is 42.0 Å². The van der Waals surface area contributed by atoms with Crippen LogP contribution in [0.2, 0.25) is 0 Å². The summed E-state index contributed by atoms with van der Waals surface area (Å²) in [6, 6.07) is 5.15. The Bertz CT molecular complexity index is 465. The van der Waals surface area contributed by atoms with Gasteiger partial charge in [0.15, 0.2) is 0 Å². The van der Waals surface area contributed by atoms with Crippen LogP contribution in [-0.2, 0) is 21.9 Å². The van der Waals surface area contributed by atoms with Crippen molar-refractivity contribution in [2.45, 2.75) is 24.7 Å². The van der Waals surface area contributed by atoms with Gasteiger partial charge >= 0.3 is 0 Å². The van der Waals surface area contributed by atoms with Crippen LogP contribution in [0.3, 0.4) is 0 Å². The van der Waals surface area contributed by atoms with Crippen LogP contribution in [0, 0.1) is 5.92 Å². The van der Waals surface area contributed by atoms with Gasteiger partial charge in [0.1, 0.15) is 0 Å². The maximum Gasteiger partial charge on any atom is 0.261 e. The minimum atomic E-state index is -3.57. The predicted octanol–water partition coefficient (Wildman–Crippen LogP) is 2.35. The zero-order valence-electron chi connectivity index (χ0n) is 7.83. The summed E-state index contributed by atoms with van der Waals surface area (Å²) in [5.41, 5.74) is 2.38. The van der Waals surface area contributed by atoms with E-state index in [0.717, 1.165) is 18.4 Å². The van der Waals surface area contributed by atoms with Gasteiger partial charge in [-0.3, -0.25) is 0 Å². The fourth-order valence-electron chi connectivity index (χ4n) is 1.97. The quantitative estimate of drug-likeness (QED) is 0.694. The minimum Gasteiger partial charge on any atom is -0.207 e. The van der Waals surface area contributed by atoms with E-state index in [0.29, 0.717) is 5.92 Å². The Balaban J connectivity index is 2.48. The van der Waals surface area contributed by atoms with Crippen molar-refractivity contribution < 1.29 is 8.42 Å². The van der Waals surface area contributed by atoms with Crippen molar-refractivity contribution in [1.29, 1.82) is 0 Å². The van der Waals surface area contributed by atoms with Gasteiger partial charge in [-0.15, -0.1) is 0 Å². The third-order valence-electron chi connectivity index (χ3n) is 2.60. The summed E-state index contributed by atoms with van der Waals surface area (Å²) in [4.78, 5) is 0.215. The Hall–Kier alpha value is -0.540. The fourth-order valence-corrected chi connectivity index (χ4v) is 2.77. The molecule has 0 amide bonds. The molecular formula is C10H11ClO2S. The molecule has 14 heavy (non-hydrogen) atoms. The summed E-state index contributed by atoms with van der Waals surface area (Å²) in [7, 11) is 1.70. The second-order valence-corrected chi connectivity index (χ2v) is 6.45. The molecule has 2 nitrogen and oxygen atoms in total. The molecule has 1 aliphatic rings. The lowest BCUT2D eigenvalue weighted by Crippen LogP contribution is -1.92. The number of hydrogen-bond acceptors (Lipinski definition) is 2. The second kappa shape index (κ2) is 3.24. The number of fused-ring (bicyclic) bond motifs is 1. The first-order valence-electron chi connectivity index (χ1n) is 4.53. The van der Waals surface area contributed by atoms with Crippen molar-refractivity contribution in [1.82, 2.24) is 0 Å². The molecule has 1 atom stereocenters. The molecule has 0 saturated heterocycles. The maximum atomic E-state index is 11.1. The third-order valence-corrected chi connectivity index (χ3v) is 3.95. The smallest absolute Gasteiger partial charge is 0.207 e. The Morgan fingerprint density at radius 3 is 2.57 bits per heavy atom. The molecule has 4 heteroatoms. The Kier molecular flexibility index (Phi) is 2.32. The second-order valence-electron chi connectivity index (χ2n) is 3.88. The summed E-state index contributed by atoms with van der Waals surface area (Å²) in [6.07, 6.45) is 1.99. The molecule has 1 unspecified atom stereocenters. The average Bonchev–Trinajstić information content (AvgIpc) is 2.41. The Morgan fingerprint density at radius 1 is 1.29 bits per heavy atom. The number of rotatable bonds is 1. The average molecular weight is 231 g/mol. The van der Waals surface area contributed by atoms with Crippen LogP contribution in [0.4, 0.5) is 0 Å². The molecule has 1 aliphatic carbocycles. The van der Waals surface area contributed by atoms with E-state index in [4.69, 9.17) is 10.7 Å². The fraction of sp³-hybridized carbons (Fsp3) is 0.400. The summed E-state index contributed by atoms with van der Waals surface area (Å²) >= 11 is 0. The van der Waals surface area contributed by atoms with Gasteiger partial charge in [0.2, 0.25) is 0 Å². The van der Waals surface area contributed by atoms with E-state index < -0.39 is 9.05 Å². The standard InChI is InChI=1S/C10H11ClO2S/c1-7-4-8-2-3-10(14(11,12)13)6-9(8)5-7/h2-3,6-7H,4-5H2,1H3. The lowest BCUT2D eigenvalue weighted by Gasteiger charge is -2.00. The lowest BCUT2D eigenvalue weighted by atomic mass is 10.1. The molecule has 2 rings (SSSR count). The van der Waals surface area contributed by atoms with Crippen molar-refractivity contribution in [3.05, 3.63) is 29.3 Å². The highest BCUT2D eigenvalue weighted by Gasteiger charge is 2.20. The van der Waals surface area contributed by atoms with Gasteiger partial charge in [-0.1, -0.05) is 13.0 Å². The van der Waals surface area contributed by atoms with Crippen LogP contribution in [0.25, 0.3) is 0 Å². The molecule has 0 radical (unpaired) electrons. The summed E-state index contributed by atoms with van der Waals surface area (Å²) < 4.78 is 22.2. The van der Waals surface area contributed by atoms with Crippen LogP contribution in [0.5, 0.6) is 0 Å². The highest BCUT2D eigenvalue weighted by Crippen LogP contribution is 2.29. The van der Waals surface area contributed by atoms with E-state index in [9.17, 15) is 8.42 Å². The molecule has 76 valence electrons. The van der Waals surface area contributed by atoms with Crippen molar-refractivity contribution in [3.63, 3.8) is 0 Å². The SMILES string of the molecule is CC1Cc2ccc(S(=O)(=O)Cl)cc2C1. The number of benzene rings is 1. The molecule has 0 bridgehead atoms. The molecule has 0 aromatic heterocycles. The van der Waals surface area contributed by atoms with Crippen LogP contribution >= 0.6 is 10.7 Å². The first-order chi connectivity index (χ1) is 6.47. The molecule has 0 saturated carbocycles. The van der Waals surface area contributed by atoms with Crippen LogP contribution in [0.15, 0.2) is 23.1 Å². The highest BCUT2D eigenvalue weighted by atomic mass is 35.7. The van der Waals surface area contributed by atoms with Crippen LogP contribution in [0.1, 0.15) is 18.1 Å². The normalized spacial score (nSPS) is 20.9. The molecule has 1 aromatic rings. The zero-order chi connectivity index (χ0) is 10.3. The summed E-state index contributed by atoms with van der Waals surface area (Å²) in [5.74, 6) is 0.610. The molecule has 0 aliphatic heterocycles. The van der Waals surface area contributed by atoms with Gasteiger partial charge in [-0.25, -0.2) is 8.42 Å². The van der Waals surface area contributed by atoms with Crippen molar-refractivity contribution in [2.24, 2.45) is 5.92 Å². The topological polar surface area (TPSA) is 34.1 Å². The number of halogens is 1. The molecule has 0 spiro atoms. The highest BCUT2D eigenvalue weighted by molar-refractivity contribution is 8.13. The zero-order valence-corrected chi connectivity index (χ0v) is 9.40. The first-order valence-corrected chi connectivity index (χ1v) is 6.84. The Morgan fingerprint density at radius 2 is 1.93 bits per heavy atom. The van der Waals surface area contributed by atoms with Gasteiger partial charge in [0.25, 0.3) is 9.05 Å². The number of hydrogen-bond donors (Lipinski definition) is 0. The van der Waals surface area contributed by atoms with E-state index in [2.05, 4.69) is 6.92 Å².